The van der Waals surface area contributed by atoms with E-state index in [1.165, 1.54) is 0 Å². The topological polar surface area (TPSA) is 41.6 Å². The Balaban J connectivity index is 2.17. The highest BCUT2D eigenvalue weighted by molar-refractivity contribution is 6.31. The van der Waals surface area contributed by atoms with Gasteiger partial charge in [0.1, 0.15) is 5.82 Å². The number of benzene rings is 1. The van der Waals surface area contributed by atoms with Crippen LogP contribution in [0.25, 0.3) is 22.4 Å². The van der Waals surface area contributed by atoms with Crippen molar-refractivity contribution >= 4 is 22.6 Å². The van der Waals surface area contributed by atoms with Crippen molar-refractivity contribution in [1.29, 1.82) is 0 Å². The molecule has 2 aromatic heterocycles. The third kappa shape index (κ3) is 1.78. The van der Waals surface area contributed by atoms with Gasteiger partial charge in [-0.15, -0.1) is 0 Å². The van der Waals surface area contributed by atoms with E-state index in [4.69, 9.17) is 11.6 Å². The summed E-state index contributed by atoms with van der Waals surface area (Å²) in [7, 11) is 0. The molecule has 0 bridgehead atoms. The molecule has 0 aliphatic heterocycles. The van der Waals surface area contributed by atoms with Crippen LogP contribution in [0, 0.1) is 6.92 Å². The molecule has 0 saturated heterocycles. The molecule has 84 valence electrons. The number of halogens is 1. The first kappa shape index (κ1) is 10.3. The number of hydrogen-bond donors (Lipinski definition) is 1. The van der Waals surface area contributed by atoms with E-state index in [1.54, 1.807) is 12.4 Å². The smallest absolute Gasteiger partial charge is 0.138 e. The van der Waals surface area contributed by atoms with Crippen LogP contribution in [0.4, 0.5) is 0 Å². The molecule has 0 atom stereocenters. The van der Waals surface area contributed by atoms with Crippen molar-refractivity contribution in [3.63, 3.8) is 0 Å². The molecule has 1 N–H and O–H groups in total. The lowest BCUT2D eigenvalue weighted by molar-refractivity contribution is 1.32. The van der Waals surface area contributed by atoms with E-state index in [1.807, 2.05) is 31.2 Å². The predicted molar refractivity (Wildman–Crippen MR) is 69.1 cm³/mol. The van der Waals surface area contributed by atoms with Crippen LogP contribution in [0.15, 0.2) is 36.7 Å². The molecule has 0 amide bonds. The van der Waals surface area contributed by atoms with Crippen LogP contribution in [-0.2, 0) is 0 Å². The number of pyridine rings is 1. The van der Waals surface area contributed by atoms with Crippen molar-refractivity contribution in [2.45, 2.75) is 6.92 Å². The average molecular weight is 244 g/mol. The van der Waals surface area contributed by atoms with Crippen LogP contribution in [0.2, 0.25) is 5.02 Å². The summed E-state index contributed by atoms with van der Waals surface area (Å²) >= 11 is 6.01. The first-order valence-electron chi connectivity index (χ1n) is 5.30. The van der Waals surface area contributed by atoms with Crippen LogP contribution in [0.5, 0.6) is 0 Å². The van der Waals surface area contributed by atoms with Gasteiger partial charge in [-0.3, -0.25) is 4.98 Å². The van der Waals surface area contributed by atoms with E-state index in [0.717, 1.165) is 33.0 Å². The van der Waals surface area contributed by atoms with E-state index in [0.29, 0.717) is 0 Å². The molecule has 0 fully saturated rings. The summed E-state index contributed by atoms with van der Waals surface area (Å²) in [6.45, 7) is 1.98. The van der Waals surface area contributed by atoms with Crippen molar-refractivity contribution in [2.24, 2.45) is 0 Å². The fourth-order valence-electron chi connectivity index (χ4n) is 1.79. The lowest BCUT2D eigenvalue weighted by Crippen LogP contribution is -1.82. The van der Waals surface area contributed by atoms with Crippen molar-refractivity contribution in [2.75, 3.05) is 0 Å². The number of fused-ring (bicyclic) bond motifs is 1. The van der Waals surface area contributed by atoms with Crippen LogP contribution in [0.3, 0.4) is 0 Å². The Bertz CT molecular complexity index is 655. The zero-order valence-electron chi connectivity index (χ0n) is 9.24. The number of nitrogens with zero attached hydrogens (tertiary/aromatic N) is 2. The summed E-state index contributed by atoms with van der Waals surface area (Å²) in [6, 6.07) is 7.75. The fraction of sp³-hybridized carbons (Fsp3) is 0.0769. The molecule has 0 saturated carbocycles. The molecule has 0 aliphatic rings. The van der Waals surface area contributed by atoms with Crippen molar-refractivity contribution < 1.29 is 0 Å². The highest BCUT2D eigenvalue weighted by atomic mass is 35.5. The zero-order chi connectivity index (χ0) is 11.8. The quantitative estimate of drug-likeness (QED) is 0.710. The van der Waals surface area contributed by atoms with Gasteiger partial charge >= 0.3 is 0 Å². The maximum Gasteiger partial charge on any atom is 0.138 e. The molecule has 3 aromatic rings. The number of nitrogens with one attached hydrogen (secondary N) is 1. The molecule has 3 nitrogen and oxygen atoms in total. The summed E-state index contributed by atoms with van der Waals surface area (Å²) in [4.78, 5) is 11.8. The first-order chi connectivity index (χ1) is 8.24. The molecule has 3 rings (SSSR count). The second kappa shape index (κ2) is 3.86. The van der Waals surface area contributed by atoms with Gasteiger partial charge in [0.05, 0.1) is 17.2 Å². The van der Waals surface area contributed by atoms with E-state index < -0.39 is 0 Å². The summed E-state index contributed by atoms with van der Waals surface area (Å²) in [5.74, 6) is 0.841. The lowest BCUT2D eigenvalue weighted by atomic mass is 10.1. The Morgan fingerprint density at radius 1 is 1.24 bits per heavy atom. The largest absolute Gasteiger partial charge is 0.337 e. The van der Waals surface area contributed by atoms with Gasteiger partial charge in [-0.25, -0.2) is 4.98 Å². The molecule has 0 aliphatic carbocycles. The summed E-state index contributed by atoms with van der Waals surface area (Å²) in [5.41, 5.74) is 3.93. The second-order valence-corrected chi connectivity index (χ2v) is 4.35. The SMILES string of the molecule is Cc1cc(-c2nc3ccncc3[nH]2)ccc1Cl. The van der Waals surface area contributed by atoms with E-state index >= 15 is 0 Å². The van der Waals surface area contributed by atoms with Crippen molar-refractivity contribution in [3.8, 4) is 11.4 Å². The van der Waals surface area contributed by atoms with Crippen LogP contribution in [-0.4, -0.2) is 15.0 Å². The number of imidazole rings is 1. The number of aryl methyl sites for hydroxylation is 1. The number of H-pyrrole nitrogens is 1. The van der Waals surface area contributed by atoms with E-state index in [9.17, 15) is 0 Å². The van der Waals surface area contributed by atoms with Gasteiger partial charge in [0, 0.05) is 16.8 Å². The molecule has 0 radical (unpaired) electrons. The van der Waals surface area contributed by atoms with E-state index in [-0.39, 0.29) is 0 Å². The molecule has 1 aromatic carbocycles. The minimum absolute atomic E-state index is 0.770. The number of rotatable bonds is 1. The highest BCUT2D eigenvalue weighted by Gasteiger charge is 2.06. The first-order valence-corrected chi connectivity index (χ1v) is 5.68. The monoisotopic (exact) mass is 243 g/mol. The van der Waals surface area contributed by atoms with Gasteiger partial charge in [0.15, 0.2) is 0 Å². The third-order valence-corrected chi connectivity index (χ3v) is 3.14. The lowest BCUT2D eigenvalue weighted by Gasteiger charge is -2.00. The third-order valence-electron chi connectivity index (χ3n) is 2.71. The van der Waals surface area contributed by atoms with E-state index in [2.05, 4.69) is 15.0 Å². The number of aromatic nitrogens is 3. The second-order valence-electron chi connectivity index (χ2n) is 3.94. The Kier molecular flexibility index (Phi) is 2.34. The van der Waals surface area contributed by atoms with Gasteiger partial charge < -0.3 is 4.98 Å². The molecular weight excluding hydrogens is 234 g/mol. The Morgan fingerprint density at radius 2 is 2.12 bits per heavy atom. The Hall–Kier alpha value is -1.87. The standard InChI is InChI=1S/C13H10ClN3/c1-8-6-9(2-3-10(8)14)13-16-11-4-5-15-7-12(11)17-13/h2-7H,1H3,(H,16,17). The van der Waals surface area contributed by atoms with Gasteiger partial charge in [-0.05, 0) is 36.8 Å². The predicted octanol–water partition coefficient (Wildman–Crippen LogP) is 3.59. The normalized spacial score (nSPS) is 10.9. The average Bonchev–Trinajstić information content (AvgIpc) is 2.76. The Morgan fingerprint density at radius 3 is 2.88 bits per heavy atom. The summed E-state index contributed by atoms with van der Waals surface area (Å²) < 4.78 is 0. The van der Waals surface area contributed by atoms with Gasteiger partial charge in [-0.1, -0.05) is 11.6 Å². The maximum atomic E-state index is 6.01. The molecule has 2 heterocycles. The van der Waals surface area contributed by atoms with Gasteiger partial charge in [0.25, 0.3) is 0 Å². The molecular formula is C13H10ClN3. The molecule has 0 unspecified atom stereocenters. The van der Waals surface area contributed by atoms with Crippen LogP contribution < -0.4 is 0 Å². The van der Waals surface area contributed by atoms with Gasteiger partial charge in [-0.2, -0.15) is 0 Å². The van der Waals surface area contributed by atoms with Crippen LogP contribution in [0.1, 0.15) is 5.56 Å². The molecule has 0 spiro atoms. The van der Waals surface area contributed by atoms with Crippen LogP contribution >= 0.6 is 11.6 Å². The summed E-state index contributed by atoms with van der Waals surface area (Å²) in [6.07, 6.45) is 3.51. The Labute approximate surface area is 103 Å². The number of aromatic amines is 1. The highest BCUT2D eigenvalue weighted by Crippen LogP contribution is 2.24. The van der Waals surface area contributed by atoms with Crippen molar-refractivity contribution in [3.05, 3.63) is 47.2 Å². The van der Waals surface area contributed by atoms with Crippen molar-refractivity contribution in [1.82, 2.24) is 15.0 Å². The fourth-order valence-corrected chi connectivity index (χ4v) is 1.90. The van der Waals surface area contributed by atoms with Gasteiger partial charge in [0.2, 0.25) is 0 Å². The summed E-state index contributed by atoms with van der Waals surface area (Å²) in [5, 5.41) is 0.770. The minimum atomic E-state index is 0.770. The minimum Gasteiger partial charge on any atom is -0.337 e. The number of hydrogen-bond acceptors (Lipinski definition) is 2. The zero-order valence-corrected chi connectivity index (χ0v) is 9.99. The molecule has 17 heavy (non-hydrogen) atoms. The maximum absolute atomic E-state index is 6.01. The molecule has 4 heteroatoms.